The highest BCUT2D eigenvalue weighted by atomic mass is 16.6. The molecule has 0 bridgehead atoms. The number of nitrogens with zero attached hydrogens (tertiary/aromatic N) is 1. The molecule has 4 heteroatoms. The molecule has 1 aliphatic heterocycles. The van der Waals surface area contributed by atoms with E-state index in [0.717, 1.165) is 30.0 Å². The van der Waals surface area contributed by atoms with Crippen LogP contribution in [0, 0.1) is 12.3 Å². The Morgan fingerprint density at radius 3 is 2.65 bits per heavy atom. The number of amides is 1. The third-order valence-electron chi connectivity index (χ3n) is 4.24. The molecule has 1 aliphatic rings. The van der Waals surface area contributed by atoms with Gasteiger partial charge in [0.2, 0.25) is 0 Å². The number of ether oxygens (including phenoxy) is 1. The summed E-state index contributed by atoms with van der Waals surface area (Å²) >= 11 is 0. The lowest BCUT2D eigenvalue weighted by molar-refractivity contribution is -0.867. The minimum Gasteiger partial charge on any atom is -0.381 e. The first-order valence-corrected chi connectivity index (χ1v) is 8.34. The first kappa shape index (κ1) is 17.4. The Morgan fingerprint density at radius 1 is 1.35 bits per heavy atom. The average Bonchev–Trinajstić information content (AvgIpc) is 2.47. The van der Waals surface area contributed by atoms with Crippen molar-refractivity contribution >= 4 is 11.8 Å². The van der Waals surface area contributed by atoms with E-state index in [4.69, 9.17) is 11.2 Å². The van der Waals surface area contributed by atoms with E-state index >= 15 is 0 Å². The van der Waals surface area contributed by atoms with Gasteiger partial charge in [-0.3, -0.25) is 0 Å². The van der Waals surface area contributed by atoms with Gasteiger partial charge in [0.25, 0.3) is 0 Å². The van der Waals surface area contributed by atoms with Gasteiger partial charge in [0.15, 0.2) is 0 Å². The topological polar surface area (TPSA) is 34.0 Å². The van der Waals surface area contributed by atoms with E-state index in [0.29, 0.717) is 12.3 Å². The van der Waals surface area contributed by atoms with Crippen LogP contribution in [0.25, 0.3) is 0 Å². The molecule has 0 aromatic heterocycles. The molecule has 1 amide bonds. The molecule has 0 atom stereocenters. The molecule has 0 unspecified atom stereocenters. The first-order chi connectivity index (χ1) is 10.9. The minimum atomic E-state index is -0.228. The number of aryl methyl sites for hydroxylation is 1. The number of carbonyl (C=O) groups is 1. The largest absolute Gasteiger partial charge is 0.520 e. The van der Waals surface area contributed by atoms with Crippen LogP contribution >= 0.6 is 0 Å². The second-order valence-electron chi connectivity index (χ2n) is 6.67. The van der Waals surface area contributed by atoms with E-state index in [1.165, 1.54) is 5.56 Å². The Morgan fingerprint density at radius 2 is 2.04 bits per heavy atom. The molecule has 0 saturated carbocycles. The molecule has 2 rings (SSSR count). The van der Waals surface area contributed by atoms with Crippen molar-refractivity contribution in [3.05, 3.63) is 23.8 Å². The summed E-state index contributed by atoms with van der Waals surface area (Å²) in [5.74, 6) is 3.29. The molecule has 1 heterocycles. The van der Waals surface area contributed by atoms with Crippen LogP contribution in [0.2, 0.25) is 0 Å². The fraction of sp³-hybridized carbons (Fsp3) is 0.526. The van der Waals surface area contributed by atoms with Crippen molar-refractivity contribution in [2.45, 2.75) is 52.6 Å². The van der Waals surface area contributed by atoms with Crippen LogP contribution in [0.5, 0.6) is 5.75 Å². The number of rotatable bonds is 4. The second kappa shape index (κ2) is 7.52. The van der Waals surface area contributed by atoms with E-state index in [9.17, 15) is 4.79 Å². The highest BCUT2D eigenvalue weighted by molar-refractivity contribution is 5.65. The normalized spacial score (nSPS) is 14.1. The zero-order chi connectivity index (χ0) is 17.0. The first-order valence-electron chi connectivity index (χ1n) is 8.34. The zero-order valence-corrected chi connectivity index (χ0v) is 14.6. The van der Waals surface area contributed by atoms with Gasteiger partial charge in [-0.2, -0.15) is 4.79 Å². The fourth-order valence-corrected chi connectivity index (χ4v) is 3.27. The predicted octanol–water partition coefficient (Wildman–Crippen LogP) is 2.27. The summed E-state index contributed by atoms with van der Waals surface area (Å²) in [5, 5.41) is 0. The van der Waals surface area contributed by atoms with E-state index in [2.05, 4.69) is 10.8 Å². The molecule has 23 heavy (non-hydrogen) atoms. The summed E-state index contributed by atoms with van der Waals surface area (Å²) in [6.07, 6.45) is 7.38. The molecule has 1 aromatic rings. The highest BCUT2D eigenvalue weighted by Gasteiger charge is 2.29. The number of hydrogen-bond acceptors (Lipinski definition) is 3. The Bertz CT molecular complexity index is 594. The molecule has 0 fully saturated rings. The lowest BCUT2D eigenvalue weighted by Gasteiger charge is -2.30. The zero-order valence-electron chi connectivity index (χ0n) is 14.6. The van der Waals surface area contributed by atoms with Crippen molar-refractivity contribution in [1.82, 2.24) is 0 Å². The van der Waals surface area contributed by atoms with Gasteiger partial charge < -0.3 is 9.64 Å². The maximum Gasteiger partial charge on any atom is 0.520 e. The van der Waals surface area contributed by atoms with Crippen molar-refractivity contribution < 1.29 is 14.4 Å². The van der Waals surface area contributed by atoms with Crippen LogP contribution in [-0.2, 0) is 6.42 Å². The molecule has 1 aromatic carbocycles. The Kier molecular flexibility index (Phi) is 5.68. The molecule has 0 spiro atoms. The number of anilines is 1. The number of benzene rings is 1. The minimum absolute atomic E-state index is 0.179. The van der Waals surface area contributed by atoms with Crippen LogP contribution < -0.4 is 14.5 Å². The van der Waals surface area contributed by atoms with E-state index in [1.54, 1.807) is 0 Å². The van der Waals surface area contributed by atoms with Gasteiger partial charge in [0, 0.05) is 18.3 Å². The molecule has 1 N–H and O–H groups in total. The molecule has 0 radical (unpaired) electrons. The number of fused-ring (bicyclic) bond motifs is 1. The monoisotopic (exact) mass is 315 g/mol. The SMILES string of the molecule is C#CCN1CCCc2ccc(OC(=O)[NH+](C(C)C)C(C)C)cc21. The molecular weight excluding hydrogens is 288 g/mol. The van der Waals surface area contributed by atoms with Crippen LogP contribution in [-0.4, -0.2) is 31.3 Å². The number of terminal acetylenes is 1. The second-order valence-corrected chi connectivity index (χ2v) is 6.67. The van der Waals surface area contributed by atoms with Gasteiger partial charge in [-0.15, -0.1) is 6.42 Å². The van der Waals surface area contributed by atoms with Gasteiger partial charge in [0.1, 0.15) is 5.75 Å². The molecule has 0 saturated heterocycles. The van der Waals surface area contributed by atoms with Gasteiger partial charge in [0.05, 0.1) is 18.6 Å². The van der Waals surface area contributed by atoms with Gasteiger partial charge >= 0.3 is 6.09 Å². The predicted molar refractivity (Wildman–Crippen MR) is 93.1 cm³/mol. The smallest absolute Gasteiger partial charge is 0.381 e. The van der Waals surface area contributed by atoms with Crippen molar-refractivity contribution in [3.8, 4) is 18.1 Å². The average molecular weight is 315 g/mol. The van der Waals surface area contributed by atoms with Crippen LogP contribution in [0.15, 0.2) is 18.2 Å². The summed E-state index contributed by atoms with van der Waals surface area (Å²) in [6.45, 7) is 9.64. The third kappa shape index (κ3) is 4.05. The quantitative estimate of drug-likeness (QED) is 0.866. The van der Waals surface area contributed by atoms with E-state index in [-0.39, 0.29) is 18.2 Å². The standard InChI is InChI=1S/C19H26N2O2/c1-6-11-20-12-7-8-16-9-10-17(13-18(16)20)23-19(22)21(14(2)3)15(4)5/h1,9-10,13-15H,7-8,11-12H2,2-5H3/p+1. The molecular formula is C19H27N2O2+. The molecule has 0 aliphatic carbocycles. The summed E-state index contributed by atoms with van der Waals surface area (Å²) in [5.41, 5.74) is 2.36. The Balaban J connectivity index is 2.20. The lowest BCUT2D eigenvalue weighted by Crippen LogP contribution is -3.20. The molecule has 4 nitrogen and oxygen atoms in total. The Labute approximate surface area is 139 Å². The third-order valence-corrected chi connectivity index (χ3v) is 4.24. The highest BCUT2D eigenvalue weighted by Crippen LogP contribution is 2.30. The number of hydrogen-bond donors (Lipinski definition) is 1. The summed E-state index contributed by atoms with van der Waals surface area (Å²) in [6, 6.07) is 6.23. The van der Waals surface area contributed by atoms with E-state index < -0.39 is 0 Å². The van der Waals surface area contributed by atoms with Crippen LogP contribution in [0.3, 0.4) is 0 Å². The van der Waals surface area contributed by atoms with Gasteiger partial charge in [-0.05, 0) is 52.2 Å². The number of nitrogens with one attached hydrogen (secondary N) is 1. The van der Waals surface area contributed by atoms with Crippen molar-refractivity contribution in [2.75, 3.05) is 18.0 Å². The maximum atomic E-state index is 12.5. The summed E-state index contributed by atoms with van der Waals surface area (Å²) < 4.78 is 5.64. The van der Waals surface area contributed by atoms with Crippen LogP contribution in [0.4, 0.5) is 10.5 Å². The molecule has 124 valence electrons. The summed E-state index contributed by atoms with van der Waals surface area (Å²) in [7, 11) is 0. The fourth-order valence-electron chi connectivity index (χ4n) is 3.27. The number of carbonyl (C=O) groups excluding carboxylic acids is 1. The van der Waals surface area contributed by atoms with Crippen molar-refractivity contribution in [2.24, 2.45) is 0 Å². The summed E-state index contributed by atoms with van der Waals surface area (Å²) in [4.78, 5) is 15.5. The lowest BCUT2D eigenvalue weighted by atomic mass is 10.0. The van der Waals surface area contributed by atoms with Crippen LogP contribution in [0.1, 0.15) is 39.7 Å². The van der Waals surface area contributed by atoms with Gasteiger partial charge in [-0.1, -0.05) is 12.0 Å². The van der Waals surface area contributed by atoms with Gasteiger partial charge in [-0.25, -0.2) is 4.90 Å². The van der Waals surface area contributed by atoms with Crippen molar-refractivity contribution in [1.29, 1.82) is 0 Å². The number of quaternary nitrogens is 1. The van der Waals surface area contributed by atoms with E-state index in [1.807, 2.05) is 45.9 Å². The Hall–Kier alpha value is -1.99. The van der Waals surface area contributed by atoms with Crippen molar-refractivity contribution in [3.63, 3.8) is 0 Å². The maximum absolute atomic E-state index is 12.5.